The third-order valence-corrected chi connectivity index (χ3v) is 10.2. The van der Waals surface area contributed by atoms with Crippen LogP contribution >= 0.6 is 0 Å². The van der Waals surface area contributed by atoms with Crippen LogP contribution in [0.1, 0.15) is 71.1 Å². The van der Waals surface area contributed by atoms with Crippen molar-refractivity contribution in [1.82, 2.24) is 0 Å². The highest BCUT2D eigenvalue weighted by molar-refractivity contribution is 5.79. The van der Waals surface area contributed by atoms with Gasteiger partial charge >= 0.3 is 35.8 Å². The Hall–Kier alpha value is -3.18. The van der Waals surface area contributed by atoms with E-state index < -0.39 is 30.1 Å². The van der Waals surface area contributed by atoms with Crippen molar-refractivity contribution in [2.24, 2.45) is 41.4 Å². The number of carbonyl (C=O) groups excluding carboxylic acids is 6. The maximum atomic E-state index is 12.9. The lowest BCUT2D eigenvalue weighted by Gasteiger charge is -2.25. The van der Waals surface area contributed by atoms with E-state index in [1.165, 1.54) is 0 Å². The molecule has 4 aliphatic carbocycles. The number of carbonyl (C=O) groups is 5. The molecule has 0 aromatic heterocycles. The van der Waals surface area contributed by atoms with Gasteiger partial charge in [-0.15, -0.1) is 0 Å². The van der Waals surface area contributed by atoms with Gasteiger partial charge in [-0.25, -0.2) is 0 Å². The molecule has 6 rings (SSSR count). The van der Waals surface area contributed by atoms with E-state index in [2.05, 4.69) is 0 Å². The first-order chi connectivity index (χ1) is 20.2. The Bertz CT molecular complexity index is 1130. The molecule has 0 amide bonds. The van der Waals surface area contributed by atoms with Crippen molar-refractivity contribution in [1.29, 1.82) is 0 Å². The van der Waals surface area contributed by atoms with Crippen LogP contribution < -0.4 is 0 Å². The summed E-state index contributed by atoms with van der Waals surface area (Å²) in [5.41, 5.74) is 0. The van der Waals surface area contributed by atoms with Gasteiger partial charge in [0.15, 0.2) is 6.10 Å². The zero-order valence-corrected chi connectivity index (χ0v) is 23.8. The summed E-state index contributed by atoms with van der Waals surface area (Å²) in [6.07, 6.45) is 2.71. The molecule has 2 aliphatic heterocycles. The smallest absolute Gasteiger partial charge is 0.462 e. The predicted molar refractivity (Wildman–Crippen MR) is 140 cm³/mol. The average Bonchev–Trinajstić information content (AvgIpc) is 3.78. The van der Waals surface area contributed by atoms with Gasteiger partial charge in [0.25, 0.3) is 0 Å². The maximum absolute atomic E-state index is 12.9. The molecule has 2 heterocycles. The van der Waals surface area contributed by atoms with Gasteiger partial charge in [-0.1, -0.05) is 6.92 Å². The van der Waals surface area contributed by atoms with Crippen molar-refractivity contribution in [3.05, 3.63) is 0 Å². The molecule has 11 atom stereocenters. The number of esters is 6. The van der Waals surface area contributed by atoms with Crippen LogP contribution in [0.2, 0.25) is 0 Å². The van der Waals surface area contributed by atoms with Gasteiger partial charge in [0.2, 0.25) is 6.10 Å². The Labute approximate surface area is 243 Å². The van der Waals surface area contributed by atoms with Crippen LogP contribution in [0, 0.1) is 41.4 Å². The quantitative estimate of drug-likeness (QED) is 0.126. The average molecular weight is 592 g/mol. The van der Waals surface area contributed by atoms with Gasteiger partial charge in [0, 0.05) is 42.9 Å². The summed E-state index contributed by atoms with van der Waals surface area (Å²) in [6.45, 7) is 1.63. The lowest BCUT2D eigenvalue weighted by atomic mass is 9.88. The Morgan fingerprint density at radius 1 is 0.786 bits per heavy atom. The molecule has 0 radical (unpaired) electrons. The first-order valence-electron chi connectivity index (χ1n) is 15.4. The number of fused-ring (bicyclic) bond motifs is 2. The van der Waals surface area contributed by atoms with Crippen molar-refractivity contribution in [2.75, 3.05) is 13.2 Å². The SMILES string of the molecule is CCC(=O)OCCOC(=O)CCCC(CCC(=O)OC1C2CC3C(=O)OC1C3C2)C(=[OH+])OC1C2CC3C(=O)OC1C3C2. The number of hydrogen-bond acceptors (Lipinski definition) is 11. The highest BCUT2D eigenvalue weighted by Crippen LogP contribution is 2.56. The van der Waals surface area contributed by atoms with Gasteiger partial charge in [-0.05, 0) is 44.9 Å². The fourth-order valence-electron chi connectivity index (χ4n) is 8.24. The zero-order chi connectivity index (χ0) is 29.5. The predicted octanol–water partition coefficient (Wildman–Crippen LogP) is 2.01. The number of rotatable bonds is 14. The summed E-state index contributed by atoms with van der Waals surface area (Å²) >= 11 is 0. The van der Waals surface area contributed by atoms with E-state index in [9.17, 15) is 28.8 Å². The molecule has 4 saturated carbocycles. The van der Waals surface area contributed by atoms with E-state index in [1.54, 1.807) is 6.92 Å². The molecule has 4 bridgehead atoms. The standard InChI is InChI=1S/C30H38O12/c1-2-21(31)37-8-9-38-22(32)5-3-4-14(28(34)40-25-16-11-18-20(13-16)30(36)42-27(18)25)6-7-23(33)39-24-15-10-17-19(12-15)29(35)41-26(17)24/h14-20,24-27H,2-13H2,1H3/p+1. The third-order valence-electron chi connectivity index (χ3n) is 10.2. The summed E-state index contributed by atoms with van der Waals surface area (Å²) in [6, 6.07) is 0. The van der Waals surface area contributed by atoms with Gasteiger partial charge in [-0.2, -0.15) is 0 Å². The van der Waals surface area contributed by atoms with E-state index in [0.717, 1.165) is 12.8 Å². The normalized spacial score (nSPS) is 36.9. The largest absolute Gasteiger partial charge is 0.486 e. The minimum Gasteiger partial charge on any atom is -0.462 e. The Morgan fingerprint density at radius 3 is 1.95 bits per heavy atom. The molecule has 12 heteroatoms. The van der Waals surface area contributed by atoms with Gasteiger partial charge in [-0.3, -0.25) is 24.0 Å². The van der Waals surface area contributed by atoms with Crippen molar-refractivity contribution >= 4 is 35.8 Å². The molecule has 6 aliphatic rings. The molecule has 11 unspecified atom stereocenters. The van der Waals surface area contributed by atoms with Gasteiger partial charge < -0.3 is 33.2 Å². The van der Waals surface area contributed by atoms with Crippen molar-refractivity contribution in [3.8, 4) is 0 Å². The first kappa shape index (κ1) is 28.9. The Morgan fingerprint density at radius 2 is 1.36 bits per heavy atom. The van der Waals surface area contributed by atoms with Crippen LogP contribution in [0.3, 0.4) is 0 Å². The van der Waals surface area contributed by atoms with Crippen LogP contribution in [0.25, 0.3) is 0 Å². The molecular formula is C30H39O12+. The highest BCUT2D eigenvalue weighted by atomic mass is 16.6. The van der Waals surface area contributed by atoms with Crippen LogP contribution in [-0.4, -0.2) is 78.2 Å². The van der Waals surface area contributed by atoms with Crippen molar-refractivity contribution in [3.63, 3.8) is 0 Å². The molecule has 1 N–H and O–H groups in total. The topological polar surface area (TPSA) is 162 Å². The van der Waals surface area contributed by atoms with Crippen LogP contribution in [0.15, 0.2) is 0 Å². The summed E-state index contributed by atoms with van der Waals surface area (Å²) in [7, 11) is 0. The minimum absolute atomic E-state index is 0.00891. The van der Waals surface area contributed by atoms with Crippen molar-refractivity contribution in [2.45, 2.75) is 95.5 Å². The van der Waals surface area contributed by atoms with Crippen molar-refractivity contribution < 1.29 is 57.2 Å². The molecule has 12 nitrogen and oxygen atoms in total. The Kier molecular flexibility index (Phi) is 8.15. The van der Waals surface area contributed by atoms with Crippen LogP contribution in [0.4, 0.5) is 0 Å². The van der Waals surface area contributed by atoms with E-state index in [0.29, 0.717) is 25.7 Å². The molecule has 0 spiro atoms. The summed E-state index contributed by atoms with van der Waals surface area (Å²) < 4.78 is 32.9. The molecule has 0 aromatic rings. The monoisotopic (exact) mass is 591 g/mol. The second-order valence-electron chi connectivity index (χ2n) is 12.6. The summed E-state index contributed by atoms with van der Waals surface area (Å²) in [4.78, 5) is 71.5. The zero-order valence-electron chi connectivity index (χ0n) is 23.8. The molecule has 42 heavy (non-hydrogen) atoms. The van der Waals surface area contributed by atoms with E-state index >= 15 is 0 Å². The van der Waals surface area contributed by atoms with Crippen LogP contribution in [0.5, 0.6) is 0 Å². The minimum atomic E-state index is -0.559. The molecule has 230 valence electrons. The molecular weight excluding hydrogens is 552 g/mol. The lowest BCUT2D eigenvalue weighted by molar-refractivity contribution is -0.162. The summed E-state index contributed by atoms with van der Waals surface area (Å²) in [5.74, 6) is -2.08. The number of ether oxygens (including phenoxy) is 6. The fraction of sp³-hybridized carbons (Fsp3) is 0.800. The highest BCUT2D eigenvalue weighted by Gasteiger charge is 2.66. The fourth-order valence-corrected chi connectivity index (χ4v) is 8.24. The lowest BCUT2D eigenvalue weighted by Crippen LogP contribution is -2.38. The first-order valence-corrected chi connectivity index (χ1v) is 15.4. The molecule has 6 fully saturated rings. The Balaban J connectivity index is 1.00. The maximum Gasteiger partial charge on any atom is 0.486 e. The second kappa shape index (κ2) is 11.8. The van der Waals surface area contributed by atoms with E-state index in [4.69, 9.17) is 28.4 Å². The summed E-state index contributed by atoms with van der Waals surface area (Å²) in [5, 5.41) is 0. The molecule has 0 aromatic carbocycles. The van der Waals surface area contributed by atoms with Gasteiger partial charge in [0.05, 0.1) is 11.8 Å². The van der Waals surface area contributed by atoms with E-state index in [1.807, 2.05) is 0 Å². The molecule has 2 saturated heterocycles. The second-order valence-corrected chi connectivity index (χ2v) is 12.6. The van der Waals surface area contributed by atoms with Crippen LogP contribution in [-0.2, 0) is 52.4 Å². The third kappa shape index (κ3) is 5.48. The van der Waals surface area contributed by atoms with Gasteiger partial charge in [0.1, 0.15) is 31.3 Å². The number of hydrogen-bond donors (Lipinski definition) is 0. The van der Waals surface area contributed by atoms with E-state index in [-0.39, 0.29) is 110 Å².